The zero-order valence-electron chi connectivity index (χ0n) is 44.1. The number of carbonyl (C=O) groups excluding carboxylic acids is 2. The average Bonchev–Trinajstić information content (AvgIpc) is 3.87. The van der Waals surface area contributed by atoms with Crippen molar-refractivity contribution in [3.05, 3.63) is 58.0 Å². The largest absolute Gasteiger partial charge is 0.507 e. The molecule has 1 spiro atoms. The number of nitrogens with zero attached hydrogens (tertiary/aromatic N) is 4. The number of hydrogen-bond acceptors (Lipinski definition) is 16. The van der Waals surface area contributed by atoms with Gasteiger partial charge in [-0.2, -0.15) is 0 Å². The van der Waals surface area contributed by atoms with Gasteiger partial charge in [0.1, 0.15) is 27.9 Å². The summed E-state index contributed by atoms with van der Waals surface area (Å²) in [5, 5.41) is 55.4. The Morgan fingerprint density at radius 1 is 0.903 bits per heavy atom. The minimum absolute atomic E-state index is 0.0660. The van der Waals surface area contributed by atoms with E-state index in [1.165, 1.54) is 13.2 Å². The molecule has 2 aromatic carbocycles. The lowest BCUT2D eigenvalue weighted by atomic mass is 9.78. The number of Topliss-reactive ketones (excluding diaryl/α,β-unsaturated/α-hetero) is 1. The van der Waals surface area contributed by atoms with E-state index >= 15 is 0 Å². The van der Waals surface area contributed by atoms with Crippen molar-refractivity contribution < 1.29 is 53.7 Å². The van der Waals surface area contributed by atoms with E-state index in [0.717, 1.165) is 71.6 Å². The first-order chi connectivity index (χ1) is 34.3. The van der Waals surface area contributed by atoms with Gasteiger partial charge in [-0.1, -0.05) is 59.8 Å². The number of methoxy groups -OCH3 is 1. The zero-order chi connectivity index (χ0) is 51.8. The van der Waals surface area contributed by atoms with Crippen LogP contribution in [0.15, 0.2) is 46.1 Å². The Morgan fingerprint density at radius 3 is 2.26 bits per heavy atom. The summed E-state index contributed by atoms with van der Waals surface area (Å²) in [6, 6.07) is 0.824. The van der Waals surface area contributed by atoms with Crippen molar-refractivity contribution in [2.24, 2.45) is 39.6 Å². The van der Waals surface area contributed by atoms with Crippen LogP contribution < -0.4 is 26.1 Å². The van der Waals surface area contributed by atoms with Crippen LogP contribution in [0.25, 0.3) is 10.8 Å². The molecule has 0 aromatic heterocycles. The highest BCUT2D eigenvalue weighted by molar-refractivity contribution is 6.21. The van der Waals surface area contributed by atoms with E-state index in [-0.39, 0.29) is 68.4 Å². The first kappa shape index (κ1) is 53.8. The number of likely N-dealkylation sites (tertiary alicyclic amines) is 2. The van der Waals surface area contributed by atoms with Crippen molar-refractivity contribution in [3.63, 3.8) is 0 Å². The molecule has 9 atom stereocenters. The quantitative estimate of drug-likeness (QED) is 0.144. The van der Waals surface area contributed by atoms with Gasteiger partial charge in [0, 0.05) is 112 Å². The summed E-state index contributed by atoms with van der Waals surface area (Å²) < 4.78 is 31.1. The number of carbonyl (C=O) groups is 2. The number of piperidine rings is 2. The van der Waals surface area contributed by atoms with Gasteiger partial charge in [-0.15, -0.1) is 0 Å². The van der Waals surface area contributed by atoms with Gasteiger partial charge in [0.05, 0.1) is 54.0 Å². The molecule has 5 bridgehead atoms. The van der Waals surface area contributed by atoms with Crippen LogP contribution in [-0.2, 0) is 23.7 Å². The number of benzene rings is 2. The minimum atomic E-state index is -1.92. The Morgan fingerprint density at radius 2 is 1.60 bits per heavy atom. The number of aliphatic hydroxyl groups excluding tert-OH is 2. The summed E-state index contributed by atoms with van der Waals surface area (Å²) in [5.41, 5.74) is 0.0269. The van der Waals surface area contributed by atoms with Crippen LogP contribution in [0.3, 0.4) is 0 Å². The minimum Gasteiger partial charge on any atom is -0.507 e. The Labute approximate surface area is 424 Å². The predicted molar refractivity (Wildman–Crippen MR) is 273 cm³/mol. The molecule has 0 radical (unpaired) electrons. The van der Waals surface area contributed by atoms with E-state index in [1.54, 1.807) is 45.3 Å². The zero-order valence-corrected chi connectivity index (χ0v) is 44.1. The van der Waals surface area contributed by atoms with Crippen molar-refractivity contribution in [3.8, 4) is 17.2 Å². The molecule has 7 aliphatic heterocycles. The molecule has 0 saturated carbocycles. The summed E-state index contributed by atoms with van der Waals surface area (Å²) in [5.74, 6) is -5.31. The topological polar surface area (TPSA) is 216 Å². The Kier molecular flexibility index (Phi) is 16.6. The van der Waals surface area contributed by atoms with Crippen LogP contribution in [0, 0.1) is 36.5 Å². The second-order valence-corrected chi connectivity index (χ2v) is 22.0. The van der Waals surface area contributed by atoms with Gasteiger partial charge in [-0.3, -0.25) is 19.9 Å². The van der Waals surface area contributed by atoms with E-state index in [1.807, 2.05) is 27.7 Å². The van der Waals surface area contributed by atoms with Gasteiger partial charge in [0.2, 0.25) is 0 Å². The molecule has 9 rings (SSSR count). The Hall–Kier alpha value is -4.46. The van der Waals surface area contributed by atoms with Crippen LogP contribution in [0.2, 0.25) is 0 Å². The Bertz CT molecular complexity index is 2540. The molecule has 1 amide bonds. The molecule has 17 heteroatoms. The summed E-state index contributed by atoms with van der Waals surface area (Å²) in [6.45, 7) is 22.9. The summed E-state index contributed by atoms with van der Waals surface area (Å²) >= 11 is 0. The smallest absolute Gasteiger partial charge is 0.312 e. The Balaban J connectivity index is 1.15. The summed E-state index contributed by atoms with van der Waals surface area (Å²) in [7, 11) is 1.58. The molecule has 2 aromatic rings. The van der Waals surface area contributed by atoms with Crippen LogP contribution in [-0.4, -0.2) is 150 Å². The van der Waals surface area contributed by atoms with Crippen LogP contribution >= 0.6 is 0 Å². The standard InChI is InChI=1S/C55H80N6O11/c1-30(2)28-60-23-19-55(20-24-60)58-43-40-41-48(64)36(8)51-42(40)52(66)54(9,72-51)71-27-18-39(68-10)33(5)50(70-29-56-37-14-21-61(22-15-37)38-16-25-69-26-17-38)35(7)47(63)34(6)46(62)31(3)12-11-13-32(4)53(67)57-45(49(41)65)44(43)59-55/h11-13,18,27,30-31,33-35,37-39,46-47,50,56,58,62-65H,14-17,19-26,28-29H2,1-10H3/b12-11+,27-18+,32-13-,57-45?/t31-,33+,34+,35+,39-,46-,47+,50+,54-/m0/s1. The third-order valence-electron chi connectivity index (χ3n) is 16.5. The fourth-order valence-corrected chi connectivity index (χ4v) is 11.9. The number of phenolic OH excluding ortho intramolecular Hbond substituents is 2. The summed E-state index contributed by atoms with van der Waals surface area (Å²) in [4.78, 5) is 43.6. The number of ketones is 1. The lowest BCUT2D eigenvalue weighted by molar-refractivity contribution is -0.114. The second-order valence-electron chi connectivity index (χ2n) is 22.0. The van der Waals surface area contributed by atoms with Gasteiger partial charge in [0.15, 0.2) is 5.75 Å². The van der Waals surface area contributed by atoms with Crippen LogP contribution in [0.1, 0.15) is 110 Å². The number of hydrogen-bond donors (Lipinski definition) is 6. The SMILES string of the molecule is CO[C@H]1/C=C/O[C@@]2(C)Oc3c(C)c(O)c4c(O)c(c5c(c4c3C2=O)NC2(CCN(CC(C)C)CC2)N=5)=NC(=O)/C(C)=C\C=C\[C@H](C)[C@H](O)[C@@H](C)[C@@H](O)[C@@H](C)[C@H](OCNC2CCN(C3CCOCC3)CC2)[C@@H]1C. The average molecular weight is 1000 g/mol. The number of nitrogens with one attached hydrogen (secondary N) is 2. The van der Waals surface area contributed by atoms with Gasteiger partial charge >= 0.3 is 5.79 Å². The first-order valence-corrected chi connectivity index (χ1v) is 26.3. The van der Waals surface area contributed by atoms with Crippen LogP contribution in [0.5, 0.6) is 17.2 Å². The fourth-order valence-electron chi connectivity index (χ4n) is 11.9. The van der Waals surface area contributed by atoms with E-state index in [2.05, 4.69) is 39.3 Å². The van der Waals surface area contributed by atoms with Crippen molar-refractivity contribution in [2.75, 3.05) is 65.1 Å². The molecule has 6 N–H and O–H groups in total. The summed E-state index contributed by atoms with van der Waals surface area (Å²) in [6.07, 6.45) is 10.2. The van der Waals surface area contributed by atoms with E-state index in [4.69, 9.17) is 28.7 Å². The molecule has 7 aliphatic rings. The van der Waals surface area contributed by atoms with Gasteiger partial charge in [-0.05, 0) is 64.6 Å². The van der Waals surface area contributed by atoms with E-state index < -0.39 is 71.1 Å². The number of anilines is 1. The number of aliphatic hydroxyl groups is 2. The third-order valence-corrected chi connectivity index (χ3v) is 16.5. The molecule has 396 valence electrons. The molecular formula is C55H80N6O11. The number of ether oxygens (including phenoxy) is 5. The van der Waals surface area contributed by atoms with Gasteiger partial charge in [-0.25, -0.2) is 4.99 Å². The molecule has 0 aliphatic carbocycles. The maximum absolute atomic E-state index is 15.0. The predicted octanol–water partition coefficient (Wildman–Crippen LogP) is 5.39. The molecule has 3 saturated heterocycles. The van der Waals surface area contributed by atoms with Crippen molar-refractivity contribution in [1.29, 1.82) is 0 Å². The van der Waals surface area contributed by atoms with Crippen molar-refractivity contribution in [2.45, 2.75) is 149 Å². The fraction of sp³-hybridized carbons (Fsp3) is 0.673. The monoisotopic (exact) mass is 1000 g/mol. The number of phenols is 2. The third kappa shape index (κ3) is 10.7. The lowest BCUT2D eigenvalue weighted by Crippen LogP contribution is -2.50. The van der Waals surface area contributed by atoms with Crippen molar-refractivity contribution in [1.82, 2.24) is 15.1 Å². The molecule has 72 heavy (non-hydrogen) atoms. The van der Waals surface area contributed by atoms with Crippen LogP contribution in [0.4, 0.5) is 5.69 Å². The molecule has 3 fully saturated rings. The normalized spacial score (nSPS) is 33.0. The van der Waals surface area contributed by atoms with E-state index in [9.17, 15) is 30.0 Å². The first-order valence-electron chi connectivity index (χ1n) is 26.3. The molecule has 17 nitrogen and oxygen atoms in total. The van der Waals surface area contributed by atoms with Gasteiger partial charge in [0.25, 0.3) is 11.7 Å². The number of rotatable bonds is 8. The highest BCUT2D eigenvalue weighted by Crippen LogP contribution is 2.51. The number of amides is 1. The molecule has 7 heterocycles. The maximum atomic E-state index is 15.0. The van der Waals surface area contributed by atoms with E-state index in [0.29, 0.717) is 30.5 Å². The van der Waals surface area contributed by atoms with Gasteiger partial charge < -0.3 is 59.2 Å². The number of fused-ring (bicyclic) bond motifs is 13. The lowest BCUT2D eigenvalue weighted by Gasteiger charge is -2.40. The highest BCUT2D eigenvalue weighted by atomic mass is 16.7. The second kappa shape index (κ2) is 22.2. The molecular weight excluding hydrogens is 921 g/mol. The number of aromatic hydroxyl groups is 2. The maximum Gasteiger partial charge on any atom is 0.312 e. The van der Waals surface area contributed by atoms with Crippen molar-refractivity contribution >= 4 is 28.2 Å². The molecule has 0 unspecified atom stereocenters. The number of allylic oxidation sites excluding steroid dienone is 2. The highest BCUT2D eigenvalue weighted by Gasteiger charge is 2.51.